The Balaban J connectivity index is 1.48. The number of carbonyl (C=O) groups is 1. The lowest BCUT2D eigenvalue weighted by molar-refractivity contribution is -0.144. The third-order valence-corrected chi connectivity index (χ3v) is 10.1. The van der Waals surface area contributed by atoms with Gasteiger partial charge in [0.25, 0.3) is 0 Å². The lowest BCUT2D eigenvalue weighted by Gasteiger charge is -2.58. The molecule has 0 radical (unpaired) electrons. The summed E-state index contributed by atoms with van der Waals surface area (Å²) in [6.45, 7) is 6.07. The van der Waals surface area contributed by atoms with Gasteiger partial charge in [0, 0.05) is 34.4 Å². The number of nitrogens with one attached hydrogen (secondary N) is 2. The van der Waals surface area contributed by atoms with Crippen molar-refractivity contribution >= 4 is 28.1 Å². The van der Waals surface area contributed by atoms with Crippen LogP contribution in [0.25, 0.3) is 0 Å². The lowest BCUT2D eigenvalue weighted by Crippen LogP contribution is -2.57. The number of aliphatic hydroxyl groups excluding tert-OH is 2. The molecule has 1 saturated carbocycles. The second-order valence-electron chi connectivity index (χ2n) is 11.4. The number of nitrogens with zero attached hydrogens (tertiary/aromatic N) is 1. The summed E-state index contributed by atoms with van der Waals surface area (Å²) in [6, 6.07) is 16.7. The van der Waals surface area contributed by atoms with Crippen LogP contribution in [0.1, 0.15) is 68.1 Å². The van der Waals surface area contributed by atoms with Crippen LogP contribution in [0.2, 0.25) is 0 Å². The molecule has 1 fully saturated rings. The summed E-state index contributed by atoms with van der Waals surface area (Å²) in [7, 11) is 0. The number of benzene rings is 2. The highest BCUT2D eigenvalue weighted by molar-refractivity contribution is 7.15. The van der Waals surface area contributed by atoms with E-state index in [1.165, 1.54) is 0 Å². The summed E-state index contributed by atoms with van der Waals surface area (Å²) in [6.07, 6.45) is 1.71. The second kappa shape index (κ2) is 10.3. The van der Waals surface area contributed by atoms with E-state index in [0.717, 1.165) is 28.2 Å². The number of amides is 1. The summed E-state index contributed by atoms with van der Waals surface area (Å²) >= 11 is 1.55. The molecule has 0 saturated heterocycles. The van der Waals surface area contributed by atoms with Gasteiger partial charge in [-0.15, -0.1) is 11.3 Å². The first-order chi connectivity index (χ1) is 18.1. The predicted molar refractivity (Wildman–Crippen MR) is 150 cm³/mol. The van der Waals surface area contributed by atoms with Gasteiger partial charge in [0.15, 0.2) is 5.13 Å². The van der Waals surface area contributed by atoms with Crippen LogP contribution >= 0.6 is 11.3 Å². The first-order valence-corrected chi connectivity index (χ1v) is 14.1. The van der Waals surface area contributed by atoms with Gasteiger partial charge >= 0.3 is 0 Å². The van der Waals surface area contributed by atoms with Crippen molar-refractivity contribution in [3.63, 3.8) is 0 Å². The molecule has 0 aliphatic heterocycles. The third-order valence-electron chi connectivity index (χ3n) is 9.06. The molecular weight excluding hydrogens is 498 g/mol. The highest BCUT2D eigenvalue weighted by Crippen LogP contribution is 2.62. The summed E-state index contributed by atoms with van der Waals surface area (Å²) < 4.78 is 0. The Morgan fingerprint density at radius 1 is 1.18 bits per heavy atom. The number of phenols is 1. The molecule has 0 bridgehead atoms. The molecule has 1 aromatic heterocycles. The monoisotopic (exact) mass is 535 g/mol. The van der Waals surface area contributed by atoms with Crippen LogP contribution in [0.5, 0.6) is 5.75 Å². The number of thiazole rings is 1. The number of hydrogen-bond acceptors (Lipinski definition) is 7. The lowest BCUT2D eigenvalue weighted by atomic mass is 9.47. The van der Waals surface area contributed by atoms with Crippen molar-refractivity contribution in [1.29, 1.82) is 0 Å². The highest BCUT2D eigenvalue weighted by atomic mass is 32.1. The maximum atomic E-state index is 13.5. The van der Waals surface area contributed by atoms with Gasteiger partial charge in [0.05, 0.1) is 24.4 Å². The summed E-state index contributed by atoms with van der Waals surface area (Å²) in [5.41, 5.74) is 1.73. The molecule has 0 spiro atoms. The Labute approximate surface area is 228 Å². The van der Waals surface area contributed by atoms with E-state index in [1.54, 1.807) is 29.5 Å². The van der Waals surface area contributed by atoms with Gasteiger partial charge in [0.1, 0.15) is 5.75 Å². The molecule has 38 heavy (non-hydrogen) atoms. The van der Waals surface area contributed by atoms with Crippen molar-refractivity contribution in [2.24, 2.45) is 16.7 Å². The van der Waals surface area contributed by atoms with E-state index in [0.29, 0.717) is 18.0 Å². The SMILES string of the molecule is CC(NC(=O)CC1c2nc(Nc3cccc(O)c3)sc2CC2C(C)(CO)C(O)CCC12C)c1ccccc1. The van der Waals surface area contributed by atoms with Gasteiger partial charge in [0.2, 0.25) is 5.91 Å². The third kappa shape index (κ3) is 4.81. The van der Waals surface area contributed by atoms with E-state index in [1.807, 2.05) is 50.2 Å². The quantitative estimate of drug-likeness (QED) is 0.281. The van der Waals surface area contributed by atoms with Crippen LogP contribution in [-0.2, 0) is 11.2 Å². The number of carbonyl (C=O) groups excluding carboxylic acids is 1. The second-order valence-corrected chi connectivity index (χ2v) is 12.5. The Hall–Kier alpha value is -2.94. The largest absolute Gasteiger partial charge is 0.508 e. The van der Waals surface area contributed by atoms with Gasteiger partial charge < -0.3 is 26.0 Å². The minimum Gasteiger partial charge on any atom is -0.508 e. The summed E-state index contributed by atoms with van der Waals surface area (Å²) in [5.74, 6) is -0.0284. The number of aromatic nitrogens is 1. The van der Waals surface area contributed by atoms with Gasteiger partial charge in [-0.05, 0) is 55.2 Å². The zero-order valence-electron chi connectivity index (χ0n) is 22.1. The molecule has 3 aromatic rings. The van der Waals surface area contributed by atoms with E-state index < -0.39 is 11.5 Å². The fourth-order valence-electron chi connectivity index (χ4n) is 6.72. The van der Waals surface area contributed by atoms with Crippen LogP contribution in [0, 0.1) is 16.7 Å². The van der Waals surface area contributed by atoms with Crippen LogP contribution in [0.3, 0.4) is 0 Å². The smallest absolute Gasteiger partial charge is 0.221 e. The molecule has 2 aliphatic rings. The highest BCUT2D eigenvalue weighted by Gasteiger charge is 2.59. The average Bonchev–Trinajstić information content (AvgIpc) is 3.30. The van der Waals surface area contributed by atoms with Crippen molar-refractivity contribution in [3.05, 3.63) is 70.7 Å². The summed E-state index contributed by atoms with van der Waals surface area (Å²) in [5, 5.41) is 38.5. The van der Waals surface area contributed by atoms with E-state index >= 15 is 0 Å². The Morgan fingerprint density at radius 3 is 2.66 bits per heavy atom. The minimum absolute atomic E-state index is 0.00494. The molecule has 7 nitrogen and oxygen atoms in total. The molecule has 8 heteroatoms. The Morgan fingerprint density at radius 2 is 1.95 bits per heavy atom. The summed E-state index contributed by atoms with van der Waals surface area (Å²) in [4.78, 5) is 19.6. The Bertz CT molecular complexity index is 1300. The van der Waals surface area contributed by atoms with Gasteiger partial charge in [-0.3, -0.25) is 4.79 Å². The molecule has 1 amide bonds. The van der Waals surface area contributed by atoms with Gasteiger partial charge in [-0.25, -0.2) is 4.98 Å². The number of hydrogen-bond donors (Lipinski definition) is 5. The van der Waals surface area contributed by atoms with Crippen molar-refractivity contribution in [2.45, 2.75) is 64.5 Å². The molecule has 1 heterocycles. The van der Waals surface area contributed by atoms with E-state index in [2.05, 4.69) is 17.6 Å². The van der Waals surface area contributed by atoms with Crippen molar-refractivity contribution in [1.82, 2.24) is 10.3 Å². The molecule has 5 N–H and O–H groups in total. The van der Waals surface area contributed by atoms with Crippen molar-refractivity contribution in [2.75, 3.05) is 11.9 Å². The minimum atomic E-state index is -0.667. The van der Waals surface area contributed by atoms with Crippen LogP contribution in [-0.4, -0.2) is 38.9 Å². The first-order valence-electron chi connectivity index (χ1n) is 13.3. The van der Waals surface area contributed by atoms with E-state index in [-0.39, 0.29) is 48.0 Å². The maximum absolute atomic E-state index is 13.5. The van der Waals surface area contributed by atoms with Crippen LogP contribution in [0.15, 0.2) is 54.6 Å². The topological polar surface area (TPSA) is 115 Å². The number of aromatic hydroxyl groups is 1. The standard InChI is InChI=1S/C30H37N3O4S/c1-18(19-8-5-4-6-9-19)31-26(37)15-22-27-23(38-28(33-27)32-20-10-7-11-21(35)14-20)16-24-29(22,2)13-12-25(36)30(24,3)17-34/h4-11,14,18,22,24-25,34-36H,12-13,15-17H2,1-3H3,(H,31,37)(H,32,33). The van der Waals surface area contributed by atoms with Crippen LogP contribution in [0.4, 0.5) is 10.8 Å². The van der Waals surface area contributed by atoms with Crippen LogP contribution < -0.4 is 10.6 Å². The molecule has 5 rings (SSSR count). The molecular formula is C30H37N3O4S. The molecule has 6 unspecified atom stereocenters. The van der Waals surface area contributed by atoms with E-state index in [4.69, 9.17) is 4.98 Å². The Kier molecular flexibility index (Phi) is 7.24. The predicted octanol–water partition coefficient (Wildman–Crippen LogP) is 5.28. The maximum Gasteiger partial charge on any atom is 0.221 e. The van der Waals surface area contributed by atoms with Crippen molar-refractivity contribution < 1.29 is 20.1 Å². The van der Waals surface area contributed by atoms with E-state index in [9.17, 15) is 20.1 Å². The molecule has 2 aromatic carbocycles. The number of rotatable bonds is 7. The molecule has 202 valence electrons. The molecule has 6 atom stereocenters. The fraction of sp³-hybridized carbons (Fsp3) is 0.467. The van der Waals surface area contributed by atoms with Gasteiger partial charge in [-0.1, -0.05) is 50.2 Å². The number of aliphatic hydroxyl groups is 2. The fourth-order valence-corrected chi connectivity index (χ4v) is 7.81. The number of fused-ring (bicyclic) bond motifs is 2. The average molecular weight is 536 g/mol. The molecule has 2 aliphatic carbocycles. The normalized spacial score (nSPS) is 29.1. The zero-order valence-corrected chi connectivity index (χ0v) is 23.0. The number of anilines is 2. The first kappa shape index (κ1) is 26.7. The van der Waals surface area contributed by atoms with Gasteiger partial charge in [-0.2, -0.15) is 0 Å². The zero-order chi connectivity index (χ0) is 27.1. The van der Waals surface area contributed by atoms with Crippen molar-refractivity contribution in [3.8, 4) is 5.75 Å². The number of phenolic OH excluding ortho intramolecular Hbond substituents is 1.